The van der Waals surface area contributed by atoms with Crippen LogP contribution < -0.4 is 16.6 Å². The molecule has 2 aromatic carbocycles. The van der Waals surface area contributed by atoms with Crippen molar-refractivity contribution in [3.63, 3.8) is 0 Å². The van der Waals surface area contributed by atoms with Gasteiger partial charge in [-0.05, 0) is 36.8 Å². The molecule has 0 fully saturated rings. The van der Waals surface area contributed by atoms with Crippen molar-refractivity contribution in [2.75, 3.05) is 5.32 Å². The number of anilines is 1. The van der Waals surface area contributed by atoms with Crippen molar-refractivity contribution in [3.05, 3.63) is 70.1 Å². The summed E-state index contributed by atoms with van der Waals surface area (Å²) in [5.41, 5.74) is 6.05. The van der Waals surface area contributed by atoms with Crippen LogP contribution in [0.2, 0.25) is 0 Å². The molecule has 0 atom stereocenters. The molecule has 0 saturated heterocycles. The summed E-state index contributed by atoms with van der Waals surface area (Å²) in [6.45, 7) is 2.48. The standard InChI is InChI=1S/C20H20N4O3/c1-2-3-12-24-20(27)16-7-5-4-6-15(16)17(23-24)19(26)22-14-10-8-13(9-11-14)18(21)25/h4-11H,2-3,12H2,1H3,(H2,21,25)(H,22,26). The van der Waals surface area contributed by atoms with Gasteiger partial charge in [0, 0.05) is 23.2 Å². The highest BCUT2D eigenvalue weighted by Gasteiger charge is 2.17. The van der Waals surface area contributed by atoms with Crippen LogP contribution in [0, 0.1) is 0 Å². The van der Waals surface area contributed by atoms with Crippen LogP contribution in [-0.2, 0) is 6.54 Å². The van der Waals surface area contributed by atoms with Crippen molar-refractivity contribution in [1.82, 2.24) is 9.78 Å². The molecular formula is C20H20N4O3. The first kappa shape index (κ1) is 18.3. The van der Waals surface area contributed by atoms with Crippen LogP contribution in [0.25, 0.3) is 10.8 Å². The predicted octanol–water partition coefficient (Wildman–Crippen LogP) is 2.55. The Bertz CT molecular complexity index is 1060. The van der Waals surface area contributed by atoms with Gasteiger partial charge in [0.1, 0.15) is 0 Å². The number of nitrogens with two attached hydrogens (primary N) is 1. The average Bonchev–Trinajstić information content (AvgIpc) is 2.68. The molecule has 0 bridgehead atoms. The maximum atomic E-state index is 12.8. The highest BCUT2D eigenvalue weighted by molar-refractivity contribution is 6.11. The van der Waals surface area contributed by atoms with Gasteiger partial charge in [0.25, 0.3) is 11.5 Å². The van der Waals surface area contributed by atoms with Gasteiger partial charge in [0.05, 0.1) is 5.39 Å². The number of aromatic nitrogens is 2. The van der Waals surface area contributed by atoms with E-state index in [1.54, 1.807) is 36.4 Å². The van der Waals surface area contributed by atoms with Gasteiger partial charge in [-0.15, -0.1) is 0 Å². The van der Waals surface area contributed by atoms with Crippen LogP contribution in [0.1, 0.15) is 40.6 Å². The zero-order valence-electron chi connectivity index (χ0n) is 14.9. The van der Waals surface area contributed by atoms with E-state index in [1.165, 1.54) is 16.8 Å². The number of rotatable bonds is 6. The van der Waals surface area contributed by atoms with E-state index in [-0.39, 0.29) is 11.3 Å². The van der Waals surface area contributed by atoms with Gasteiger partial charge in [-0.2, -0.15) is 5.10 Å². The smallest absolute Gasteiger partial charge is 0.276 e. The van der Waals surface area contributed by atoms with E-state index in [0.717, 1.165) is 12.8 Å². The third-order valence-electron chi connectivity index (χ3n) is 4.23. The number of benzene rings is 2. The normalized spacial score (nSPS) is 10.7. The number of nitrogens with zero attached hydrogens (tertiary/aromatic N) is 2. The highest BCUT2D eigenvalue weighted by Crippen LogP contribution is 2.16. The van der Waals surface area contributed by atoms with Crippen LogP contribution in [0.3, 0.4) is 0 Å². The fraction of sp³-hybridized carbons (Fsp3) is 0.200. The summed E-state index contributed by atoms with van der Waals surface area (Å²) < 4.78 is 1.34. The van der Waals surface area contributed by atoms with Gasteiger partial charge < -0.3 is 11.1 Å². The second-order valence-corrected chi connectivity index (χ2v) is 6.17. The lowest BCUT2D eigenvalue weighted by atomic mass is 10.1. The molecule has 3 aromatic rings. The average molecular weight is 364 g/mol. The van der Waals surface area contributed by atoms with Crippen molar-refractivity contribution in [1.29, 1.82) is 0 Å². The number of nitrogens with one attached hydrogen (secondary N) is 1. The van der Waals surface area contributed by atoms with Gasteiger partial charge in [0.2, 0.25) is 5.91 Å². The molecule has 0 aliphatic rings. The summed E-state index contributed by atoms with van der Waals surface area (Å²) in [6, 6.07) is 13.2. The van der Waals surface area contributed by atoms with Crippen molar-refractivity contribution < 1.29 is 9.59 Å². The number of unbranched alkanes of at least 4 members (excludes halogenated alkanes) is 1. The number of fused-ring (bicyclic) bond motifs is 1. The number of primary amides is 1. The van der Waals surface area contributed by atoms with Gasteiger partial charge in [-0.3, -0.25) is 14.4 Å². The largest absolute Gasteiger partial charge is 0.366 e. The molecule has 1 aromatic heterocycles. The zero-order chi connectivity index (χ0) is 19.4. The van der Waals surface area contributed by atoms with Crippen LogP contribution in [0.15, 0.2) is 53.3 Å². The Morgan fingerprint density at radius 2 is 1.74 bits per heavy atom. The maximum absolute atomic E-state index is 12.8. The number of carbonyl (C=O) groups is 2. The summed E-state index contributed by atoms with van der Waals surface area (Å²) >= 11 is 0. The van der Waals surface area contributed by atoms with Gasteiger partial charge >= 0.3 is 0 Å². The Labute approximate surface area is 155 Å². The predicted molar refractivity (Wildman–Crippen MR) is 104 cm³/mol. The van der Waals surface area contributed by atoms with Crippen LogP contribution >= 0.6 is 0 Å². The Morgan fingerprint density at radius 1 is 1.07 bits per heavy atom. The minimum atomic E-state index is -0.538. The lowest BCUT2D eigenvalue weighted by Crippen LogP contribution is -2.27. The summed E-state index contributed by atoms with van der Waals surface area (Å²) in [6.07, 6.45) is 1.70. The third-order valence-corrected chi connectivity index (χ3v) is 4.23. The lowest BCUT2D eigenvalue weighted by molar-refractivity contribution is 0.0997. The summed E-state index contributed by atoms with van der Waals surface area (Å²) in [5.74, 6) is -0.966. The second kappa shape index (κ2) is 7.82. The minimum Gasteiger partial charge on any atom is -0.366 e. The molecule has 7 heteroatoms. The Morgan fingerprint density at radius 3 is 2.37 bits per heavy atom. The van der Waals surface area contributed by atoms with Gasteiger partial charge in [-0.25, -0.2) is 4.68 Å². The van der Waals surface area contributed by atoms with E-state index in [4.69, 9.17) is 5.73 Å². The Kier molecular flexibility index (Phi) is 5.30. The van der Waals surface area contributed by atoms with Gasteiger partial charge in [-0.1, -0.05) is 31.5 Å². The SMILES string of the molecule is CCCCn1nc(C(=O)Nc2ccc(C(N)=O)cc2)c2ccccc2c1=O. The number of hydrogen-bond acceptors (Lipinski definition) is 4. The first-order valence-corrected chi connectivity index (χ1v) is 8.72. The molecule has 0 aliphatic heterocycles. The van der Waals surface area contributed by atoms with E-state index in [9.17, 15) is 14.4 Å². The molecule has 27 heavy (non-hydrogen) atoms. The fourth-order valence-corrected chi connectivity index (χ4v) is 2.77. The van der Waals surface area contributed by atoms with Crippen molar-refractivity contribution >= 4 is 28.3 Å². The number of carbonyl (C=O) groups excluding carboxylic acids is 2. The van der Waals surface area contributed by atoms with Crippen molar-refractivity contribution in [2.45, 2.75) is 26.3 Å². The molecule has 0 unspecified atom stereocenters. The quantitative estimate of drug-likeness (QED) is 0.701. The first-order chi connectivity index (χ1) is 13.0. The zero-order valence-corrected chi connectivity index (χ0v) is 14.9. The van der Waals surface area contributed by atoms with Crippen molar-refractivity contribution in [3.8, 4) is 0 Å². The summed E-state index contributed by atoms with van der Waals surface area (Å²) in [7, 11) is 0. The monoisotopic (exact) mass is 364 g/mol. The number of hydrogen-bond donors (Lipinski definition) is 2. The van der Waals surface area contributed by atoms with Crippen LogP contribution in [-0.4, -0.2) is 21.6 Å². The van der Waals surface area contributed by atoms with E-state index in [1.807, 2.05) is 6.92 Å². The maximum Gasteiger partial charge on any atom is 0.276 e. The lowest BCUT2D eigenvalue weighted by Gasteiger charge is -2.11. The molecule has 3 N–H and O–H groups in total. The fourth-order valence-electron chi connectivity index (χ4n) is 2.77. The third kappa shape index (κ3) is 3.87. The first-order valence-electron chi connectivity index (χ1n) is 8.72. The van der Waals surface area contributed by atoms with E-state index in [0.29, 0.717) is 28.6 Å². The molecule has 1 heterocycles. The van der Waals surface area contributed by atoms with E-state index >= 15 is 0 Å². The molecule has 2 amide bonds. The second-order valence-electron chi connectivity index (χ2n) is 6.17. The molecule has 3 rings (SSSR count). The number of amides is 2. The molecule has 7 nitrogen and oxygen atoms in total. The topological polar surface area (TPSA) is 107 Å². The molecular weight excluding hydrogens is 344 g/mol. The molecule has 0 spiro atoms. The van der Waals surface area contributed by atoms with Crippen molar-refractivity contribution in [2.24, 2.45) is 5.73 Å². The molecule has 138 valence electrons. The highest BCUT2D eigenvalue weighted by atomic mass is 16.2. The summed E-state index contributed by atoms with van der Waals surface area (Å²) in [4.78, 5) is 36.5. The van der Waals surface area contributed by atoms with Gasteiger partial charge in [0.15, 0.2) is 5.69 Å². The molecule has 0 radical (unpaired) electrons. The van der Waals surface area contributed by atoms with E-state index < -0.39 is 11.8 Å². The minimum absolute atomic E-state index is 0.181. The summed E-state index contributed by atoms with van der Waals surface area (Å²) in [5, 5.41) is 8.01. The Balaban J connectivity index is 1.99. The number of aryl methyl sites for hydroxylation is 1. The van der Waals surface area contributed by atoms with Crippen LogP contribution in [0.5, 0.6) is 0 Å². The van der Waals surface area contributed by atoms with E-state index in [2.05, 4.69) is 10.4 Å². The molecule has 0 aliphatic carbocycles. The van der Waals surface area contributed by atoms with Crippen LogP contribution in [0.4, 0.5) is 5.69 Å². The molecule has 0 saturated carbocycles. The Hall–Kier alpha value is -3.48.